The van der Waals surface area contributed by atoms with E-state index in [0.717, 1.165) is 23.8 Å². The van der Waals surface area contributed by atoms with Crippen LogP contribution in [0.1, 0.15) is 31.9 Å². The Morgan fingerprint density at radius 2 is 2.05 bits per heavy atom. The summed E-state index contributed by atoms with van der Waals surface area (Å²) >= 11 is 0. The fraction of sp³-hybridized carbons (Fsp3) is 0.438. The molecule has 0 amide bonds. The van der Waals surface area contributed by atoms with Crippen molar-refractivity contribution in [2.24, 2.45) is 5.92 Å². The number of hydrogen-bond acceptors (Lipinski definition) is 2. The summed E-state index contributed by atoms with van der Waals surface area (Å²) in [5.74, 6) is 0.871. The van der Waals surface area contributed by atoms with Crippen molar-refractivity contribution in [3.05, 3.63) is 48.3 Å². The molecule has 1 aliphatic rings. The molecule has 1 aromatic heterocycles. The number of benzene rings is 1. The molecule has 1 aromatic carbocycles. The van der Waals surface area contributed by atoms with Gasteiger partial charge in [0.2, 0.25) is 0 Å². The summed E-state index contributed by atoms with van der Waals surface area (Å²) in [6, 6.07) is 12.9. The Labute approximate surface area is 114 Å². The van der Waals surface area contributed by atoms with Crippen LogP contribution in [0.5, 0.6) is 0 Å². The predicted molar refractivity (Wildman–Crippen MR) is 77.2 cm³/mol. The molecular formula is C16H21N3. The minimum absolute atomic E-state index is 0.607. The second-order valence-electron chi connectivity index (χ2n) is 5.45. The molecule has 0 spiro atoms. The van der Waals surface area contributed by atoms with E-state index in [0.29, 0.717) is 6.04 Å². The number of para-hydroxylation sites is 1. The maximum absolute atomic E-state index is 4.61. The molecule has 1 saturated carbocycles. The first kappa shape index (κ1) is 12.4. The van der Waals surface area contributed by atoms with Crippen LogP contribution in [-0.2, 0) is 6.54 Å². The third kappa shape index (κ3) is 2.87. The summed E-state index contributed by atoms with van der Waals surface area (Å²) in [6.07, 6.45) is 6.19. The van der Waals surface area contributed by atoms with E-state index in [2.05, 4.69) is 35.5 Å². The summed E-state index contributed by atoms with van der Waals surface area (Å²) in [5, 5.41) is 8.20. The molecule has 1 atom stereocenters. The molecule has 0 bridgehead atoms. The third-order valence-electron chi connectivity index (χ3n) is 4.13. The van der Waals surface area contributed by atoms with Gasteiger partial charge in [-0.25, -0.2) is 4.68 Å². The molecule has 1 unspecified atom stereocenters. The number of hydrogen-bond donors (Lipinski definition) is 1. The minimum atomic E-state index is 0.607. The van der Waals surface area contributed by atoms with Crippen LogP contribution in [0.15, 0.2) is 42.6 Å². The van der Waals surface area contributed by atoms with E-state index < -0.39 is 0 Å². The van der Waals surface area contributed by atoms with Gasteiger partial charge >= 0.3 is 0 Å². The van der Waals surface area contributed by atoms with E-state index in [1.165, 1.54) is 19.3 Å². The van der Waals surface area contributed by atoms with Crippen molar-refractivity contribution in [3.63, 3.8) is 0 Å². The first-order valence-corrected chi connectivity index (χ1v) is 7.16. The smallest absolute Gasteiger partial charge is 0.0766 e. The Bertz CT molecular complexity index is 514. The van der Waals surface area contributed by atoms with Crippen molar-refractivity contribution < 1.29 is 0 Å². The van der Waals surface area contributed by atoms with Gasteiger partial charge in [-0.05, 0) is 43.9 Å². The van der Waals surface area contributed by atoms with Gasteiger partial charge in [0.25, 0.3) is 0 Å². The zero-order valence-corrected chi connectivity index (χ0v) is 11.4. The summed E-state index contributed by atoms with van der Waals surface area (Å²) in [4.78, 5) is 0. The molecule has 1 aliphatic carbocycles. The van der Waals surface area contributed by atoms with Crippen LogP contribution >= 0.6 is 0 Å². The molecule has 1 heterocycles. The highest BCUT2D eigenvalue weighted by Gasteiger charge is 2.23. The van der Waals surface area contributed by atoms with Crippen LogP contribution in [0.25, 0.3) is 5.69 Å². The molecule has 100 valence electrons. The average Bonchev–Trinajstić information content (AvgIpc) is 2.84. The third-order valence-corrected chi connectivity index (χ3v) is 4.13. The first-order valence-electron chi connectivity index (χ1n) is 7.16. The maximum Gasteiger partial charge on any atom is 0.0766 e. The summed E-state index contributed by atoms with van der Waals surface area (Å²) in [5.41, 5.74) is 2.22. The van der Waals surface area contributed by atoms with E-state index >= 15 is 0 Å². The van der Waals surface area contributed by atoms with Crippen molar-refractivity contribution in [1.82, 2.24) is 15.1 Å². The van der Waals surface area contributed by atoms with Gasteiger partial charge < -0.3 is 5.32 Å². The molecule has 0 saturated heterocycles. The number of nitrogens with one attached hydrogen (secondary N) is 1. The monoisotopic (exact) mass is 255 g/mol. The zero-order chi connectivity index (χ0) is 13.1. The lowest BCUT2D eigenvalue weighted by Crippen LogP contribution is -2.36. The SMILES string of the molecule is CC(NCc1ccn(-c2ccccc2)n1)C1CCC1. The van der Waals surface area contributed by atoms with Crippen molar-refractivity contribution in [3.8, 4) is 5.69 Å². The Kier molecular flexibility index (Phi) is 3.65. The number of aromatic nitrogens is 2. The van der Waals surface area contributed by atoms with Gasteiger partial charge in [-0.2, -0.15) is 5.10 Å². The van der Waals surface area contributed by atoms with E-state index in [9.17, 15) is 0 Å². The first-order chi connectivity index (χ1) is 9.33. The largest absolute Gasteiger partial charge is 0.308 e. The van der Waals surface area contributed by atoms with Crippen LogP contribution in [-0.4, -0.2) is 15.8 Å². The Morgan fingerprint density at radius 1 is 1.26 bits per heavy atom. The van der Waals surface area contributed by atoms with Crippen LogP contribution in [0.4, 0.5) is 0 Å². The molecule has 3 nitrogen and oxygen atoms in total. The minimum Gasteiger partial charge on any atom is -0.308 e. The highest BCUT2D eigenvalue weighted by atomic mass is 15.3. The Hall–Kier alpha value is -1.61. The van der Waals surface area contributed by atoms with Crippen molar-refractivity contribution in [2.75, 3.05) is 0 Å². The van der Waals surface area contributed by atoms with E-state index in [-0.39, 0.29) is 0 Å². The summed E-state index contributed by atoms with van der Waals surface area (Å²) in [7, 11) is 0. The van der Waals surface area contributed by atoms with Crippen LogP contribution in [0.3, 0.4) is 0 Å². The Balaban J connectivity index is 1.59. The molecule has 2 aromatic rings. The Morgan fingerprint density at radius 3 is 2.74 bits per heavy atom. The fourth-order valence-electron chi connectivity index (χ4n) is 2.55. The second-order valence-corrected chi connectivity index (χ2v) is 5.45. The molecule has 0 radical (unpaired) electrons. The van der Waals surface area contributed by atoms with Crippen LogP contribution in [0, 0.1) is 5.92 Å². The molecule has 3 rings (SSSR count). The lowest BCUT2D eigenvalue weighted by atomic mass is 9.80. The molecule has 1 N–H and O–H groups in total. The maximum atomic E-state index is 4.61. The summed E-state index contributed by atoms with van der Waals surface area (Å²) < 4.78 is 1.94. The van der Waals surface area contributed by atoms with Gasteiger partial charge in [0, 0.05) is 18.8 Å². The van der Waals surface area contributed by atoms with E-state index in [1.807, 2.05) is 29.1 Å². The van der Waals surface area contributed by atoms with Gasteiger partial charge in [-0.15, -0.1) is 0 Å². The lowest BCUT2D eigenvalue weighted by molar-refractivity contribution is 0.239. The lowest BCUT2D eigenvalue weighted by Gasteiger charge is -2.31. The topological polar surface area (TPSA) is 29.9 Å². The van der Waals surface area contributed by atoms with Crippen LogP contribution < -0.4 is 5.32 Å². The molecule has 0 aliphatic heterocycles. The zero-order valence-electron chi connectivity index (χ0n) is 11.4. The quantitative estimate of drug-likeness (QED) is 0.889. The van der Waals surface area contributed by atoms with E-state index in [1.54, 1.807) is 0 Å². The van der Waals surface area contributed by atoms with Gasteiger partial charge in [0.1, 0.15) is 0 Å². The standard InChI is InChI=1S/C16H21N3/c1-13(14-6-5-7-14)17-12-15-10-11-19(18-15)16-8-3-2-4-9-16/h2-4,8-11,13-14,17H,5-7,12H2,1H3. The van der Waals surface area contributed by atoms with Crippen molar-refractivity contribution in [2.45, 2.75) is 38.8 Å². The second kappa shape index (κ2) is 5.57. The highest BCUT2D eigenvalue weighted by Crippen LogP contribution is 2.29. The normalized spacial score (nSPS) is 17.1. The number of nitrogens with zero attached hydrogens (tertiary/aromatic N) is 2. The summed E-state index contributed by atoms with van der Waals surface area (Å²) in [6.45, 7) is 3.15. The number of rotatable bonds is 5. The van der Waals surface area contributed by atoms with Gasteiger partial charge in [0.15, 0.2) is 0 Å². The molecule has 3 heteroatoms. The fourth-order valence-corrected chi connectivity index (χ4v) is 2.55. The van der Waals surface area contributed by atoms with E-state index in [4.69, 9.17) is 0 Å². The molecule has 1 fully saturated rings. The molecular weight excluding hydrogens is 234 g/mol. The highest BCUT2D eigenvalue weighted by molar-refractivity contribution is 5.30. The van der Waals surface area contributed by atoms with Crippen LogP contribution in [0.2, 0.25) is 0 Å². The predicted octanol–water partition coefficient (Wildman–Crippen LogP) is 3.15. The average molecular weight is 255 g/mol. The van der Waals surface area contributed by atoms with Crippen molar-refractivity contribution >= 4 is 0 Å². The van der Waals surface area contributed by atoms with Gasteiger partial charge in [-0.1, -0.05) is 24.6 Å². The molecule has 19 heavy (non-hydrogen) atoms. The van der Waals surface area contributed by atoms with Gasteiger partial charge in [0.05, 0.1) is 11.4 Å². The van der Waals surface area contributed by atoms with Gasteiger partial charge in [-0.3, -0.25) is 0 Å². The van der Waals surface area contributed by atoms with Crippen molar-refractivity contribution in [1.29, 1.82) is 0 Å².